The summed E-state index contributed by atoms with van der Waals surface area (Å²) in [6, 6.07) is 9.34. The van der Waals surface area contributed by atoms with E-state index in [4.69, 9.17) is 4.42 Å². The van der Waals surface area contributed by atoms with Gasteiger partial charge in [0.05, 0.1) is 18.2 Å². The van der Waals surface area contributed by atoms with Crippen LogP contribution >= 0.6 is 0 Å². The lowest BCUT2D eigenvalue weighted by atomic mass is 9.98. The van der Waals surface area contributed by atoms with Crippen molar-refractivity contribution in [3.05, 3.63) is 36.1 Å². The zero-order chi connectivity index (χ0) is 17.3. The van der Waals surface area contributed by atoms with Gasteiger partial charge in [0.25, 0.3) is 0 Å². The van der Waals surface area contributed by atoms with E-state index in [2.05, 4.69) is 5.32 Å². The smallest absolute Gasteiger partial charge is 0.225 e. The molecule has 1 aliphatic heterocycles. The number of carbonyl (C=O) groups excluding carboxylic acids is 1. The van der Waals surface area contributed by atoms with E-state index >= 15 is 0 Å². The van der Waals surface area contributed by atoms with Crippen LogP contribution in [0.1, 0.15) is 31.6 Å². The number of rotatable bonds is 4. The third kappa shape index (κ3) is 3.62. The van der Waals surface area contributed by atoms with E-state index in [1.807, 2.05) is 37.3 Å². The predicted molar refractivity (Wildman–Crippen MR) is 91.9 cm³/mol. The molecule has 2 atom stereocenters. The van der Waals surface area contributed by atoms with Gasteiger partial charge in [-0.3, -0.25) is 4.79 Å². The van der Waals surface area contributed by atoms with Crippen molar-refractivity contribution in [1.82, 2.24) is 9.62 Å². The molecular weight excluding hydrogens is 328 g/mol. The van der Waals surface area contributed by atoms with Crippen LogP contribution in [0.15, 0.2) is 34.7 Å². The van der Waals surface area contributed by atoms with Crippen LogP contribution in [0.4, 0.5) is 0 Å². The van der Waals surface area contributed by atoms with E-state index in [1.54, 1.807) is 0 Å². The molecule has 1 N–H and O–H groups in total. The average molecular weight is 350 g/mol. The Labute approximate surface area is 141 Å². The lowest BCUT2D eigenvalue weighted by molar-refractivity contribution is -0.126. The highest BCUT2D eigenvalue weighted by molar-refractivity contribution is 7.88. The Morgan fingerprint density at radius 2 is 2.12 bits per heavy atom. The SMILES string of the molecule is CC(NC(=O)C1CCCN(S(C)(=O)=O)C1)c1cc2ccccc2o1. The fourth-order valence-corrected chi connectivity index (χ4v) is 3.99. The fourth-order valence-electron chi connectivity index (χ4n) is 3.08. The van der Waals surface area contributed by atoms with Crippen molar-refractivity contribution in [2.24, 2.45) is 5.92 Å². The van der Waals surface area contributed by atoms with Gasteiger partial charge >= 0.3 is 0 Å². The van der Waals surface area contributed by atoms with Crippen LogP contribution in [0.3, 0.4) is 0 Å². The van der Waals surface area contributed by atoms with E-state index in [-0.39, 0.29) is 24.4 Å². The largest absolute Gasteiger partial charge is 0.459 e. The van der Waals surface area contributed by atoms with Crippen molar-refractivity contribution >= 4 is 26.9 Å². The van der Waals surface area contributed by atoms with Crippen LogP contribution < -0.4 is 5.32 Å². The molecule has 0 bridgehead atoms. The first-order valence-electron chi connectivity index (χ1n) is 8.08. The third-order valence-corrected chi connectivity index (χ3v) is 5.72. The Hall–Kier alpha value is -1.86. The second-order valence-corrected chi connectivity index (χ2v) is 8.36. The summed E-state index contributed by atoms with van der Waals surface area (Å²) in [5, 5.41) is 3.94. The standard InChI is InChI=1S/C17H22N2O4S/c1-12(16-10-13-6-3-4-8-15(13)23-16)18-17(20)14-7-5-9-19(11-14)24(2,21)22/h3-4,6,8,10,12,14H,5,7,9,11H2,1-2H3,(H,18,20). The zero-order valence-corrected chi connectivity index (χ0v) is 14.7. The van der Waals surface area contributed by atoms with Gasteiger partial charge in [-0.2, -0.15) is 0 Å². The van der Waals surface area contributed by atoms with E-state index in [0.29, 0.717) is 25.1 Å². The number of sulfonamides is 1. The van der Waals surface area contributed by atoms with Crippen molar-refractivity contribution in [1.29, 1.82) is 0 Å². The molecule has 0 saturated carbocycles. The van der Waals surface area contributed by atoms with Gasteiger partial charge in [-0.25, -0.2) is 12.7 Å². The monoisotopic (exact) mass is 350 g/mol. The molecule has 1 fully saturated rings. The molecular formula is C17H22N2O4S. The summed E-state index contributed by atoms with van der Waals surface area (Å²) >= 11 is 0. The van der Waals surface area contributed by atoms with Crippen LogP contribution in [0.5, 0.6) is 0 Å². The molecule has 2 unspecified atom stereocenters. The molecule has 24 heavy (non-hydrogen) atoms. The molecule has 1 aromatic heterocycles. The van der Waals surface area contributed by atoms with E-state index in [1.165, 1.54) is 10.6 Å². The van der Waals surface area contributed by atoms with Gasteiger partial charge in [-0.1, -0.05) is 18.2 Å². The number of benzene rings is 1. The van der Waals surface area contributed by atoms with Crippen molar-refractivity contribution in [2.45, 2.75) is 25.8 Å². The third-order valence-electron chi connectivity index (χ3n) is 4.45. The van der Waals surface area contributed by atoms with Crippen LogP contribution in [0, 0.1) is 5.92 Å². The second-order valence-electron chi connectivity index (χ2n) is 6.38. The van der Waals surface area contributed by atoms with Gasteiger partial charge in [0.15, 0.2) is 0 Å². The fraction of sp³-hybridized carbons (Fsp3) is 0.471. The first-order chi connectivity index (χ1) is 11.3. The maximum Gasteiger partial charge on any atom is 0.225 e. The highest BCUT2D eigenvalue weighted by Gasteiger charge is 2.31. The Morgan fingerprint density at radius 1 is 1.38 bits per heavy atom. The Balaban J connectivity index is 1.67. The Morgan fingerprint density at radius 3 is 2.83 bits per heavy atom. The summed E-state index contributed by atoms with van der Waals surface area (Å²) < 4.78 is 30.5. The number of hydrogen-bond donors (Lipinski definition) is 1. The molecule has 7 heteroatoms. The molecule has 2 aromatic rings. The minimum atomic E-state index is -3.26. The summed E-state index contributed by atoms with van der Waals surface area (Å²) in [6.45, 7) is 2.60. The minimum absolute atomic E-state index is 0.128. The quantitative estimate of drug-likeness (QED) is 0.917. The number of nitrogens with zero attached hydrogens (tertiary/aromatic N) is 1. The highest BCUT2D eigenvalue weighted by atomic mass is 32.2. The molecule has 0 spiro atoms. The number of carbonyl (C=O) groups is 1. The summed E-state index contributed by atoms with van der Waals surface area (Å²) in [5.41, 5.74) is 0.787. The molecule has 6 nitrogen and oxygen atoms in total. The van der Waals surface area contributed by atoms with Gasteiger partial charge < -0.3 is 9.73 Å². The van der Waals surface area contributed by atoms with Gasteiger partial charge in [-0.15, -0.1) is 0 Å². The molecule has 1 saturated heterocycles. The first kappa shape index (κ1) is 17.0. The average Bonchev–Trinajstić information content (AvgIpc) is 2.98. The van der Waals surface area contributed by atoms with Crippen LogP contribution in [0.2, 0.25) is 0 Å². The van der Waals surface area contributed by atoms with Crippen LogP contribution in [0.25, 0.3) is 11.0 Å². The topological polar surface area (TPSA) is 79.6 Å². The van der Waals surface area contributed by atoms with Gasteiger partial charge in [0.2, 0.25) is 15.9 Å². The van der Waals surface area contributed by atoms with Crippen molar-refractivity contribution in [3.63, 3.8) is 0 Å². The molecule has 1 amide bonds. The van der Waals surface area contributed by atoms with E-state index in [0.717, 1.165) is 11.0 Å². The number of fused-ring (bicyclic) bond motifs is 1. The second kappa shape index (κ2) is 6.57. The van der Waals surface area contributed by atoms with Gasteiger partial charge in [-0.05, 0) is 31.9 Å². The summed E-state index contributed by atoms with van der Waals surface area (Å²) in [4.78, 5) is 12.5. The van der Waals surface area contributed by atoms with Crippen molar-refractivity contribution in [2.75, 3.05) is 19.3 Å². The van der Waals surface area contributed by atoms with Gasteiger partial charge in [0.1, 0.15) is 11.3 Å². The summed E-state index contributed by atoms with van der Waals surface area (Å²) in [6.07, 6.45) is 2.58. The predicted octanol–water partition coefficient (Wildman–Crippen LogP) is 2.28. The number of hydrogen-bond acceptors (Lipinski definition) is 4. The normalized spacial score (nSPS) is 20.8. The zero-order valence-electron chi connectivity index (χ0n) is 13.9. The van der Waals surface area contributed by atoms with Gasteiger partial charge in [0, 0.05) is 18.5 Å². The van der Waals surface area contributed by atoms with Crippen LogP contribution in [-0.2, 0) is 14.8 Å². The molecule has 1 aromatic carbocycles. The number of para-hydroxylation sites is 1. The lowest BCUT2D eigenvalue weighted by Gasteiger charge is -2.30. The maximum atomic E-state index is 12.5. The van der Waals surface area contributed by atoms with E-state index in [9.17, 15) is 13.2 Å². The van der Waals surface area contributed by atoms with Crippen molar-refractivity contribution in [3.8, 4) is 0 Å². The molecule has 0 radical (unpaired) electrons. The molecule has 130 valence electrons. The number of nitrogens with one attached hydrogen (secondary N) is 1. The lowest BCUT2D eigenvalue weighted by Crippen LogP contribution is -2.45. The Kier molecular flexibility index (Phi) is 4.64. The molecule has 3 rings (SSSR count). The molecule has 1 aliphatic rings. The minimum Gasteiger partial charge on any atom is -0.459 e. The molecule has 2 heterocycles. The first-order valence-corrected chi connectivity index (χ1v) is 9.93. The number of amides is 1. The number of furan rings is 1. The Bertz CT molecular complexity index is 810. The summed E-state index contributed by atoms with van der Waals surface area (Å²) in [7, 11) is -3.26. The highest BCUT2D eigenvalue weighted by Crippen LogP contribution is 2.25. The maximum absolute atomic E-state index is 12.5. The molecule has 0 aliphatic carbocycles. The van der Waals surface area contributed by atoms with Crippen LogP contribution in [-0.4, -0.2) is 38.0 Å². The van der Waals surface area contributed by atoms with E-state index < -0.39 is 10.0 Å². The summed E-state index contributed by atoms with van der Waals surface area (Å²) in [5.74, 6) is 0.247. The van der Waals surface area contributed by atoms with Crippen molar-refractivity contribution < 1.29 is 17.6 Å². The number of piperidine rings is 1.